The van der Waals surface area contributed by atoms with Gasteiger partial charge in [-0.2, -0.15) is 0 Å². The molecule has 0 aromatic heterocycles. The zero-order valence-corrected chi connectivity index (χ0v) is 12.4. The number of rotatable bonds is 8. The number of hydrogen-bond donors (Lipinski definition) is 2. The molecule has 0 saturated carbocycles. The van der Waals surface area contributed by atoms with Crippen LogP contribution < -0.4 is 4.72 Å². The summed E-state index contributed by atoms with van der Waals surface area (Å²) in [5.41, 5.74) is 1.03. The van der Waals surface area contributed by atoms with Gasteiger partial charge in [0.1, 0.15) is 0 Å². The van der Waals surface area contributed by atoms with Crippen LogP contribution in [0.2, 0.25) is 0 Å². The van der Waals surface area contributed by atoms with Gasteiger partial charge in [-0.25, -0.2) is 13.1 Å². The van der Waals surface area contributed by atoms with E-state index in [1.54, 1.807) is 24.3 Å². The maximum atomic E-state index is 12.1. The first-order valence-corrected chi connectivity index (χ1v) is 8.15. The van der Waals surface area contributed by atoms with Crippen LogP contribution in [0.4, 0.5) is 0 Å². The third-order valence-electron chi connectivity index (χ3n) is 3.13. The highest BCUT2D eigenvalue weighted by atomic mass is 32.2. The molecule has 1 aromatic rings. The van der Waals surface area contributed by atoms with Crippen molar-refractivity contribution in [3.63, 3.8) is 0 Å². The van der Waals surface area contributed by atoms with Crippen molar-refractivity contribution in [2.24, 2.45) is 5.92 Å². The number of benzene rings is 1. The van der Waals surface area contributed by atoms with E-state index in [4.69, 9.17) is 5.11 Å². The van der Waals surface area contributed by atoms with E-state index in [1.165, 1.54) is 0 Å². The van der Waals surface area contributed by atoms with Gasteiger partial charge in [0.15, 0.2) is 0 Å². The first-order chi connectivity index (χ1) is 8.99. The van der Waals surface area contributed by atoms with Gasteiger partial charge in [0.25, 0.3) is 0 Å². The van der Waals surface area contributed by atoms with Gasteiger partial charge in [-0.05, 0) is 37.8 Å². The summed E-state index contributed by atoms with van der Waals surface area (Å²) in [7, 11) is -3.44. The predicted molar refractivity (Wildman–Crippen MR) is 76.5 cm³/mol. The van der Waals surface area contributed by atoms with Crippen molar-refractivity contribution in [3.8, 4) is 0 Å². The number of aliphatic hydroxyl groups excluding tert-OH is 1. The fourth-order valence-corrected chi connectivity index (χ4v) is 3.08. The summed E-state index contributed by atoms with van der Waals surface area (Å²) in [6.45, 7) is 4.45. The Morgan fingerprint density at radius 2 is 1.84 bits per heavy atom. The fraction of sp³-hybridized carbons (Fsp3) is 0.571. The molecule has 19 heavy (non-hydrogen) atoms. The van der Waals surface area contributed by atoms with E-state index in [1.807, 2.05) is 6.92 Å². The highest BCUT2D eigenvalue weighted by Gasteiger charge is 2.16. The van der Waals surface area contributed by atoms with Crippen molar-refractivity contribution < 1.29 is 13.5 Å². The van der Waals surface area contributed by atoms with Crippen molar-refractivity contribution in [3.05, 3.63) is 29.8 Å². The Kier molecular flexibility index (Phi) is 6.48. The molecule has 0 aliphatic rings. The average Bonchev–Trinajstić information content (AvgIpc) is 2.37. The maximum absolute atomic E-state index is 12.1. The molecule has 1 atom stereocenters. The monoisotopic (exact) mass is 285 g/mol. The summed E-state index contributed by atoms with van der Waals surface area (Å²) in [6, 6.07) is 6.79. The quantitative estimate of drug-likeness (QED) is 0.768. The van der Waals surface area contributed by atoms with Crippen molar-refractivity contribution in [2.45, 2.75) is 38.0 Å². The molecule has 1 unspecified atom stereocenters. The van der Waals surface area contributed by atoms with Crippen molar-refractivity contribution in [1.29, 1.82) is 0 Å². The van der Waals surface area contributed by atoms with Crippen LogP contribution in [0.1, 0.15) is 31.7 Å². The molecule has 0 fully saturated rings. The second-order valence-corrected chi connectivity index (χ2v) is 6.60. The van der Waals surface area contributed by atoms with E-state index in [2.05, 4.69) is 11.6 Å². The Labute approximate surface area is 115 Å². The van der Waals surface area contributed by atoms with E-state index >= 15 is 0 Å². The second-order valence-electron chi connectivity index (χ2n) is 4.83. The van der Waals surface area contributed by atoms with Gasteiger partial charge in [-0.15, -0.1) is 0 Å². The molecule has 108 valence electrons. The van der Waals surface area contributed by atoms with E-state index in [9.17, 15) is 8.42 Å². The van der Waals surface area contributed by atoms with Crippen LogP contribution in [0.25, 0.3) is 0 Å². The Hall–Kier alpha value is -0.910. The number of sulfonamides is 1. The summed E-state index contributed by atoms with van der Waals surface area (Å²) >= 11 is 0. The fourth-order valence-electron chi connectivity index (χ4n) is 1.97. The van der Waals surface area contributed by atoms with Gasteiger partial charge in [-0.3, -0.25) is 0 Å². The lowest BCUT2D eigenvalue weighted by Gasteiger charge is -2.15. The van der Waals surface area contributed by atoms with Crippen LogP contribution in [-0.4, -0.2) is 26.7 Å². The van der Waals surface area contributed by atoms with Gasteiger partial charge in [0.2, 0.25) is 10.0 Å². The van der Waals surface area contributed by atoms with Gasteiger partial charge >= 0.3 is 0 Å². The molecule has 0 radical (unpaired) electrons. The van der Waals surface area contributed by atoms with E-state index in [0.29, 0.717) is 13.0 Å². The minimum Gasteiger partial charge on any atom is -0.396 e. The van der Waals surface area contributed by atoms with Crippen molar-refractivity contribution >= 4 is 10.0 Å². The molecule has 0 saturated heterocycles. The minimum atomic E-state index is -3.44. The third-order valence-corrected chi connectivity index (χ3v) is 4.57. The smallest absolute Gasteiger partial charge is 0.240 e. The van der Waals surface area contributed by atoms with Crippen molar-refractivity contribution in [1.82, 2.24) is 4.72 Å². The lowest BCUT2D eigenvalue weighted by atomic mass is 10.0. The summed E-state index contributed by atoms with van der Waals surface area (Å²) in [4.78, 5) is 0.289. The molecule has 0 aliphatic carbocycles. The molecule has 1 rings (SSSR count). The van der Waals surface area contributed by atoms with Crippen LogP contribution in [0.15, 0.2) is 29.2 Å². The molecule has 4 nitrogen and oxygen atoms in total. The Bertz CT molecular complexity index is 462. The molecule has 0 heterocycles. The van der Waals surface area contributed by atoms with Gasteiger partial charge in [0.05, 0.1) is 4.90 Å². The number of hydrogen-bond acceptors (Lipinski definition) is 3. The largest absolute Gasteiger partial charge is 0.396 e. The first kappa shape index (κ1) is 16.1. The van der Waals surface area contributed by atoms with Gasteiger partial charge < -0.3 is 5.11 Å². The van der Waals surface area contributed by atoms with E-state index in [0.717, 1.165) is 18.4 Å². The number of nitrogens with one attached hydrogen (secondary N) is 1. The summed E-state index contributed by atoms with van der Waals surface area (Å²) in [5.74, 6) is 0.190. The molecular weight excluding hydrogens is 262 g/mol. The number of aryl methyl sites for hydroxylation is 1. The van der Waals surface area contributed by atoms with Crippen LogP contribution in [-0.2, 0) is 10.0 Å². The Balaban J connectivity index is 2.66. The molecule has 0 spiro atoms. The lowest BCUT2D eigenvalue weighted by molar-refractivity contribution is 0.251. The topological polar surface area (TPSA) is 66.4 Å². The first-order valence-electron chi connectivity index (χ1n) is 6.66. The Morgan fingerprint density at radius 1 is 1.21 bits per heavy atom. The third kappa shape index (κ3) is 5.30. The molecule has 5 heteroatoms. The standard InChI is InChI=1S/C14H23NO3S/c1-3-4-13(9-10-16)11-15-19(17,18)14-7-5-12(2)6-8-14/h5-8,13,15-16H,3-4,9-11H2,1-2H3. The SMILES string of the molecule is CCCC(CCO)CNS(=O)(=O)c1ccc(C)cc1. The normalized spacial score (nSPS) is 13.4. The summed E-state index contributed by atoms with van der Waals surface area (Å²) in [6.07, 6.45) is 2.53. The molecule has 1 aromatic carbocycles. The zero-order chi connectivity index (χ0) is 14.3. The van der Waals surface area contributed by atoms with Gasteiger partial charge in [-0.1, -0.05) is 31.0 Å². The van der Waals surface area contributed by atoms with Crippen LogP contribution in [0.5, 0.6) is 0 Å². The highest BCUT2D eigenvalue weighted by Crippen LogP contribution is 2.13. The summed E-state index contributed by atoms with van der Waals surface area (Å²) < 4.78 is 26.8. The highest BCUT2D eigenvalue weighted by molar-refractivity contribution is 7.89. The second kappa shape index (κ2) is 7.62. The number of aliphatic hydroxyl groups is 1. The average molecular weight is 285 g/mol. The molecule has 0 bridgehead atoms. The summed E-state index contributed by atoms with van der Waals surface area (Å²) in [5, 5.41) is 8.96. The molecule has 0 aliphatic heterocycles. The maximum Gasteiger partial charge on any atom is 0.240 e. The predicted octanol–water partition coefficient (Wildman–Crippen LogP) is 2.07. The van der Waals surface area contributed by atoms with E-state index in [-0.39, 0.29) is 17.4 Å². The minimum absolute atomic E-state index is 0.0942. The van der Waals surface area contributed by atoms with Crippen molar-refractivity contribution in [2.75, 3.05) is 13.2 Å². The van der Waals surface area contributed by atoms with Crippen LogP contribution >= 0.6 is 0 Å². The van der Waals surface area contributed by atoms with Crippen LogP contribution in [0.3, 0.4) is 0 Å². The van der Waals surface area contributed by atoms with Crippen LogP contribution in [0, 0.1) is 12.8 Å². The van der Waals surface area contributed by atoms with E-state index < -0.39 is 10.0 Å². The lowest BCUT2D eigenvalue weighted by Crippen LogP contribution is -2.29. The van der Waals surface area contributed by atoms with Gasteiger partial charge in [0, 0.05) is 13.2 Å². The molecule has 0 amide bonds. The molecule has 2 N–H and O–H groups in total. The molecular formula is C14H23NO3S. The Morgan fingerprint density at radius 3 is 2.37 bits per heavy atom. The zero-order valence-electron chi connectivity index (χ0n) is 11.6.